The van der Waals surface area contributed by atoms with Gasteiger partial charge in [0.05, 0.1) is 24.3 Å². The maximum absolute atomic E-state index is 15.0. The number of fused-ring (bicyclic) bond motifs is 1. The lowest BCUT2D eigenvalue weighted by molar-refractivity contribution is -0.0354. The van der Waals surface area contributed by atoms with Gasteiger partial charge in [-0.05, 0) is 48.9 Å². The number of rotatable bonds is 10. The third-order valence-corrected chi connectivity index (χ3v) is 6.91. The summed E-state index contributed by atoms with van der Waals surface area (Å²) in [6.07, 6.45) is 5.65. The van der Waals surface area contributed by atoms with Crippen LogP contribution in [-0.4, -0.2) is 42.7 Å². The van der Waals surface area contributed by atoms with E-state index in [0.29, 0.717) is 5.92 Å². The van der Waals surface area contributed by atoms with Crippen LogP contribution in [-0.2, 0) is 12.1 Å². The highest BCUT2D eigenvalue weighted by molar-refractivity contribution is 5.83. The first kappa shape index (κ1) is 27.7. The van der Waals surface area contributed by atoms with E-state index in [0.717, 1.165) is 48.2 Å². The zero-order valence-electron chi connectivity index (χ0n) is 23.1. The molecule has 0 saturated carbocycles. The molecule has 2 heterocycles. The van der Waals surface area contributed by atoms with Gasteiger partial charge in [0.15, 0.2) is 0 Å². The number of nitrogens with zero attached hydrogens (tertiary/aromatic N) is 6. The van der Waals surface area contributed by atoms with Crippen molar-refractivity contribution in [3.05, 3.63) is 72.4 Å². The number of halogens is 2. The normalized spacial score (nSPS) is 14.7. The van der Waals surface area contributed by atoms with Gasteiger partial charge in [0.1, 0.15) is 29.9 Å². The van der Waals surface area contributed by atoms with Gasteiger partial charge in [0.25, 0.3) is 0 Å². The molecule has 0 spiro atoms. The summed E-state index contributed by atoms with van der Waals surface area (Å²) in [5, 5.41) is 21.6. The van der Waals surface area contributed by atoms with E-state index in [1.54, 1.807) is 17.8 Å². The standard InChI is InChI=1S/C29H38F2N6O/c1-20(2)11-12-35(16-28(4,5)6)24-8-10-27-22(13-24)15-33-37(27)21(3)29(38,17-36-19-32-18-34-36)25-9-7-23(30)14-26(25)31/h7-10,13-15,18-21,38H,11-12,16-17H2,1-6H3/t21-,29-/m1/s1. The fourth-order valence-electron chi connectivity index (χ4n) is 4.88. The van der Waals surface area contributed by atoms with Gasteiger partial charge >= 0.3 is 0 Å². The first-order valence-corrected chi connectivity index (χ1v) is 13.1. The summed E-state index contributed by atoms with van der Waals surface area (Å²) < 4.78 is 31.9. The van der Waals surface area contributed by atoms with Crippen LogP contribution in [0, 0.1) is 23.0 Å². The third-order valence-electron chi connectivity index (χ3n) is 6.91. The lowest BCUT2D eigenvalue weighted by atomic mass is 9.86. The van der Waals surface area contributed by atoms with Crippen LogP contribution in [0.15, 0.2) is 55.2 Å². The predicted molar refractivity (Wildman–Crippen MR) is 146 cm³/mol. The zero-order valence-corrected chi connectivity index (χ0v) is 23.1. The van der Waals surface area contributed by atoms with Crippen molar-refractivity contribution in [3.63, 3.8) is 0 Å². The van der Waals surface area contributed by atoms with E-state index in [1.165, 1.54) is 23.4 Å². The van der Waals surface area contributed by atoms with Gasteiger partial charge in [0, 0.05) is 35.8 Å². The molecule has 2 atom stereocenters. The summed E-state index contributed by atoms with van der Waals surface area (Å²) in [5.74, 6) is -0.947. The van der Waals surface area contributed by atoms with Crippen molar-refractivity contribution in [2.24, 2.45) is 11.3 Å². The van der Waals surface area contributed by atoms with Gasteiger partial charge in [-0.15, -0.1) is 0 Å². The monoisotopic (exact) mass is 524 g/mol. The first-order chi connectivity index (χ1) is 17.9. The fourth-order valence-corrected chi connectivity index (χ4v) is 4.88. The summed E-state index contributed by atoms with van der Waals surface area (Å²) in [7, 11) is 0. The van der Waals surface area contributed by atoms with Crippen molar-refractivity contribution < 1.29 is 13.9 Å². The Morgan fingerprint density at radius 3 is 2.42 bits per heavy atom. The SMILES string of the molecule is CC(C)CCN(CC(C)(C)C)c1ccc2c(cnn2[C@H](C)[C@](O)(Cn2cncn2)c2ccc(F)cc2F)c1. The van der Waals surface area contributed by atoms with Gasteiger partial charge < -0.3 is 10.0 Å². The number of aromatic nitrogens is 5. The van der Waals surface area contributed by atoms with Crippen LogP contribution in [0.3, 0.4) is 0 Å². The largest absolute Gasteiger partial charge is 0.381 e. The molecule has 2 aromatic heterocycles. The van der Waals surface area contributed by atoms with Crippen molar-refractivity contribution >= 4 is 16.6 Å². The Balaban J connectivity index is 1.73. The molecule has 2 aromatic carbocycles. The maximum atomic E-state index is 15.0. The van der Waals surface area contributed by atoms with E-state index in [4.69, 9.17) is 0 Å². The molecule has 0 amide bonds. The van der Waals surface area contributed by atoms with Crippen LogP contribution < -0.4 is 4.90 Å². The molecule has 0 aliphatic rings. The summed E-state index contributed by atoms with van der Waals surface area (Å²) in [4.78, 5) is 6.36. The molecular formula is C29H38F2N6O. The number of benzene rings is 2. The molecule has 0 aliphatic heterocycles. The van der Waals surface area contributed by atoms with E-state index in [9.17, 15) is 9.50 Å². The maximum Gasteiger partial charge on any atom is 0.137 e. The number of hydrogen-bond acceptors (Lipinski definition) is 5. The Labute approximate surface area is 223 Å². The molecule has 0 bridgehead atoms. The minimum absolute atomic E-state index is 0.0350. The van der Waals surface area contributed by atoms with Gasteiger partial charge in [0.2, 0.25) is 0 Å². The smallest absolute Gasteiger partial charge is 0.137 e. The van der Waals surface area contributed by atoms with E-state index in [2.05, 4.69) is 66.8 Å². The highest BCUT2D eigenvalue weighted by atomic mass is 19.1. The molecule has 4 rings (SSSR count). The first-order valence-electron chi connectivity index (χ1n) is 13.1. The average molecular weight is 525 g/mol. The van der Waals surface area contributed by atoms with Crippen molar-refractivity contribution in [1.82, 2.24) is 24.5 Å². The molecule has 0 radical (unpaired) electrons. The second kappa shape index (κ2) is 10.8. The number of anilines is 1. The molecule has 1 N–H and O–H groups in total. The van der Waals surface area contributed by atoms with Crippen LogP contribution in [0.2, 0.25) is 0 Å². The Hall–Kier alpha value is -3.33. The van der Waals surface area contributed by atoms with E-state index in [1.807, 2.05) is 6.07 Å². The Bertz CT molecular complexity index is 1360. The lowest BCUT2D eigenvalue weighted by Crippen LogP contribution is -2.41. The highest BCUT2D eigenvalue weighted by Gasteiger charge is 2.41. The molecule has 7 nitrogen and oxygen atoms in total. The Morgan fingerprint density at radius 2 is 1.79 bits per heavy atom. The van der Waals surface area contributed by atoms with Crippen LogP contribution >= 0.6 is 0 Å². The molecule has 9 heteroatoms. The van der Waals surface area contributed by atoms with Crippen LogP contribution in [0.25, 0.3) is 10.9 Å². The molecule has 4 aromatic rings. The van der Waals surface area contributed by atoms with E-state index in [-0.39, 0.29) is 17.5 Å². The van der Waals surface area contributed by atoms with Crippen LogP contribution in [0.1, 0.15) is 59.6 Å². The molecule has 0 saturated heterocycles. The van der Waals surface area contributed by atoms with Crippen LogP contribution in [0.4, 0.5) is 14.5 Å². The summed E-state index contributed by atoms with van der Waals surface area (Å²) in [6.45, 7) is 14.7. The molecular weight excluding hydrogens is 486 g/mol. The topological polar surface area (TPSA) is 72.0 Å². The second-order valence-corrected chi connectivity index (χ2v) is 11.8. The minimum atomic E-state index is -1.79. The summed E-state index contributed by atoms with van der Waals surface area (Å²) in [6, 6.07) is 8.67. The van der Waals surface area contributed by atoms with E-state index < -0.39 is 23.3 Å². The van der Waals surface area contributed by atoms with Crippen molar-refractivity contribution in [1.29, 1.82) is 0 Å². The second-order valence-electron chi connectivity index (χ2n) is 11.8. The summed E-state index contributed by atoms with van der Waals surface area (Å²) >= 11 is 0. The molecule has 0 unspecified atom stereocenters. The third kappa shape index (κ3) is 6.04. The van der Waals surface area contributed by atoms with Gasteiger partial charge in [-0.3, -0.25) is 4.68 Å². The van der Waals surface area contributed by atoms with Crippen molar-refractivity contribution in [2.45, 2.75) is 66.2 Å². The van der Waals surface area contributed by atoms with Crippen molar-refractivity contribution in [3.8, 4) is 0 Å². The quantitative estimate of drug-likeness (QED) is 0.277. The molecule has 0 aliphatic carbocycles. The Morgan fingerprint density at radius 1 is 1.03 bits per heavy atom. The zero-order chi connectivity index (χ0) is 27.7. The number of hydrogen-bond donors (Lipinski definition) is 1. The van der Waals surface area contributed by atoms with Gasteiger partial charge in [-0.2, -0.15) is 10.2 Å². The highest BCUT2D eigenvalue weighted by Crippen LogP contribution is 2.38. The summed E-state index contributed by atoms with van der Waals surface area (Å²) in [5.41, 5.74) is 0.218. The van der Waals surface area contributed by atoms with E-state index >= 15 is 4.39 Å². The molecule has 38 heavy (non-hydrogen) atoms. The Kier molecular flexibility index (Phi) is 7.88. The van der Waals surface area contributed by atoms with Crippen LogP contribution in [0.5, 0.6) is 0 Å². The molecule has 204 valence electrons. The average Bonchev–Trinajstić information content (AvgIpc) is 3.49. The van der Waals surface area contributed by atoms with Gasteiger partial charge in [-0.1, -0.05) is 40.7 Å². The minimum Gasteiger partial charge on any atom is -0.381 e. The lowest BCUT2D eigenvalue weighted by Gasteiger charge is -2.35. The fraction of sp³-hybridized carbons (Fsp3) is 0.483. The van der Waals surface area contributed by atoms with Crippen molar-refractivity contribution in [2.75, 3.05) is 18.0 Å². The predicted octanol–water partition coefficient (Wildman–Crippen LogP) is 5.95. The van der Waals surface area contributed by atoms with Gasteiger partial charge in [-0.25, -0.2) is 18.4 Å². The number of aliphatic hydroxyl groups is 1. The molecule has 0 fully saturated rings.